The molecule has 0 aromatic heterocycles. The minimum Gasteiger partial charge on any atom is -0.481 e. The van der Waals surface area contributed by atoms with Crippen molar-refractivity contribution in [1.29, 1.82) is 0 Å². The highest BCUT2D eigenvalue weighted by molar-refractivity contribution is 9.10. The molecule has 0 saturated carbocycles. The zero-order valence-corrected chi connectivity index (χ0v) is 19.2. The molecule has 0 fully saturated rings. The Kier molecular flexibility index (Phi) is 6.65. The third-order valence-corrected chi connectivity index (χ3v) is 6.12. The Hall–Kier alpha value is -3.33. The quantitative estimate of drug-likeness (QED) is 0.378. The second-order valence-electron chi connectivity index (χ2n) is 7.89. The number of aliphatic carboxylic acids is 1. The lowest BCUT2D eigenvalue weighted by atomic mass is 9.98. The number of carboxylic acid groups (broad SMARTS) is 1. The summed E-state index contributed by atoms with van der Waals surface area (Å²) in [6.45, 7) is -0.00800. The van der Waals surface area contributed by atoms with Crippen LogP contribution < -0.4 is 5.32 Å². The van der Waals surface area contributed by atoms with E-state index in [0.29, 0.717) is 0 Å². The molecule has 3 aromatic rings. The van der Waals surface area contributed by atoms with Gasteiger partial charge in [0, 0.05) is 10.4 Å². The van der Waals surface area contributed by atoms with Crippen molar-refractivity contribution in [3.8, 4) is 11.1 Å². The fourth-order valence-corrected chi connectivity index (χ4v) is 4.70. The minimum atomic E-state index is -4.63. The number of hydrogen-bond donors (Lipinski definition) is 2. The Balaban J connectivity index is 1.52. The van der Waals surface area contributed by atoms with Crippen LogP contribution in [-0.2, 0) is 15.7 Å². The van der Waals surface area contributed by atoms with Gasteiger partial charge < -0.3 is 15.2 Å². The van der Waals surface area contributed by atoms with Crippen LogP contribution in [0.1, 0.15) is 40.6 Å². The molecule has 0 saturated heterocycles. The lowest BCUT2D eigenvalue weighted by Gasteiger charge is -2.20. The molecule has 1 aliphatic carbocycles. The third-order valence-electron chi connectivity index (χ3n) is 5.66. The van der Waals surface area contributed by atoms with E-state index in [-0.39, 0.29) is 22.6 Å². The van der Waals surface area contributed by atoms with Crippen molar-refractivity contribution in [2.75, 3.05) is 6.61 Å². The maximum absolute atomic E-state index is 13.2. The van der Waals surface area contributed by atoms with Gasteiger partial charge in [-0.1, -0.05) is 64.5 Å². The number of alkyl carbamates (subject to hydrolysis) is 1. The Labute approximate surface area is 201 Å². The zero-order chi connectivity index (χ0) is 24.5. The molecule has 0 spiro atoms. The minimum absolute atomic E-state index is 0.00222. The first-order chi connectivity index (χ1) is 16.1. The Morgan fingerprint density at radius 3 is 2.15 bits per heavy atom. The van der Waals surface area contributed by atoms with Crippen molar-refractivity contribution < 1.29 is 32.6 Å². The summed E-state index contributed by atoms with van der Waals surface area (Å²) in [4.78, 5) is 23.9. The molecule has 34 heavy (non-hydrogen) atoms. The predicted octanol–water partition coefficient (Wildman–Crippen LogP) is 6.52. The number of carboxylic acids is 1. The molecular weight excluding hydrogens is 515 g/mol. The standard InChI is InChI=1S/C25H19BrF3NO4/c26-16-10-14(9-15(11-16)25(27,28)29)22(12-23(31)32)30-24(33)34-13-21-19-7-3-1-5-17(19)18-6-2-4-8-20(18)21/h1-11,21-22H,12-13H2,(H,30,33)(H,31,32)/t22-/m0/s1. The fraction of sp³-hybridized carbons (Fsp3) is 0.200. The van der Waals surface area contributed by atoms with Gasteiger partial charge in [0.05, 0.1) is 18.0 Å². The van der Waals surface area contributed by atoms with Gasteiger partial charge in [-0.15, -0.1) is 0 Å². The number of ether oxygens (including phenoxy) is 1. The number of amides is 1. The molecule has 1 amide bonds. The molecule has 0 aliphatic heterocycles. The average molecular weight is 534 g/mol. The normalized spacial score (nSPS) is 13.6. The van der Waals surface area contributed by atoms with Gasteiger partial charge in [0.1, 0.15) is 6.61 Å². The highest BCUT2D eigenvalue weighted by Crippen LogP contribution is 2.44. The topological polar surface area (TPSA) is 75.6 Å². The highest BCUT2D eigenvalue weighted by atomic mass is 79.9. The largest absolute Gasteiger partial charge is 0.481 e. The Bertz CT molecular complexity index is 1200. The van der Waals surface area contributed by atoms with E-state index in [1.54, 1.807) is 0 Å². The number of alkyl halides is 3. The van der Waals surface area contributed by atoms with Crippen LogP contribution in [0, 0.1) is 0 Å². The molecule has 0 bridgehead atoms. The summed E-state index contributed by atoms with van der Waals surface area (Å²) in [6.07, 6.45) is -6.16. The summed E-state index contributed by atoms with van der Waals surface area (Å²) in [5, 5.41) is 11.7. The summed E-state index contributed by atoms with van der Waals surface area (Å²) in [6, 6.07) is 17.4. The maximum Gasteiger partial charge on any atom is 0.416 e. The van der Waals surface area contributed by atoms with Crippen molar-refractivity contribution in [1.82, 2.24) is 5.32 Å². The first-order valence-electron chi connectivity index (χ1n) is 10.3. The van der Waals surface area contributed by atoms with E-state index in [1.165, 1.54) is 6.07 Å². The number of nitrogens with one attached hydrogen (secondary N) is 1. The van der Waals surface area contributed by atoms with Crippen LogP contribution in [0.3, 0.4) is 0 Å². The van der Waals surface area contributed by atoms with Crippen LogP contribution in [0.4, 0.5) is 18.0 Å². The molecule has 5 nitrogen and oxygen atoms in total. The zero-order valence-electron chi connectivity index (χ0n) is 17.6. The first-order valence-corrected chi connectivity index (χ1v) is 11.1. The molecule has 0 heterocycles. The molecule has 1 aliphatic rings. The molecule has 3 aromatic carbocycles. The van der Waals surface area contributed by atoms with Crippen molar-refractivity contribution in [2.45, 2.75) is 24.6 Å². The van der Waals surface area contributed by atoms with Gasteiger partial charge in [-0.3, -0.25) is 4.79 Å². The predicted molar refractivity (Wildman–Crippen MR) is 122 cm³/mol. The summed E-state index contributed by atoms with van der Waals surface area (Å²) in [7, 11) is 0. The molecule has 9 heteroatoms. The molecular formula is C25H19BrF3NO4. The van der Waals surface area contributed by atoms with Crippen LogP contribution >= 0.6 is 15.9 Å². The second-order valence-corrected chi connectivity index (χ2v) is 8.81. The van der Waals surface area contributed by atoms with Crippen LogP contribution in [0.25, 0.3) is 11.1 Å². The number of carbonyl (C=O) groups excluding carboxylic acids is 1. The summed E-state index contributed by atoms with van der Waals surface area (Å²) in [5.41, 5.74) is 3.13. The number of benzene rings is 3. The molecule has 1 atom stereocenters. The fourth-order valence-electron chi connectivity index (χ4n) is 4.19. The van der Waals surface area contributed by atoms with Crippen molar-refractivity contribution in [2.24, 2.45) is 0 Å². The van der Waals surface area contributed by atoms with E-state index in [2.05, 4.69) is 21.2 Å². The number of carbonyl (C=O) groups is 2. The van der Waals surface area contributed by atoms with Crippen LogP contribution in [-0.4, -0.2) is 23.8 Å². The molecule has 0 unspecified atom stereocenters. The number of rotatable bonds is 6. The molecule has 0 radical (unpaired) electrons. The van der Waals surface area contributed by atoms with Gasteiger partial charge in [0.25, 0.3) is 0 Å². The van der Waals surface area contributed by atoms with Crippen molar-refractivity contribution >= 4 is 28.0 Å². The lowest BCUT2D eigenvalue weighted by Crippen LogP contribution is -2.32. The van der Waals surface area contributed by atoms with Gasteiger partial charge in [0.15, 0.2) is 0 Å². The maximum atomic E-state index is 13.2. The summed E-state index contributed by atoms with van der Waals surface area (Å²) >= 11 is 3.02. The average Bonchev–Trinajstić information content (AvgIpc) is 3.10. The van der Waals surface area contributed by atoms with Gasteiger partial charge in [-0.2, -0.15) is 13.2 Å². The monoisotopic (exact) mass is 533 g/mol. The first kappa shape index (κ1) is 23.8. The van der Waals surface area contributed by atoms with Gasteiger partial charge in [0.2, 0.25) is 0 Å². The molecule has 4 rings (SSSR count). The van der Waals surface area contributed by atoms with Gasteiger partial charge in [-0.05, 0) is 46.0 Å². The van der Waals surface area contributed by atoms with Crippen LogP contribution in [0.15, 0.2) is 71.2 Å². The second kappa shape index (κ2) is 9.50. The third kappa shape index (κ3) is 5.09. The summed E-state index contributed by atoms with van der Waals surface area (Å²) < 4.78 is 45.2. The van der Waals surface area contributed by atoms with Crippen molar-refractivity contribution in [3.63, 3.8) is 0 Å². The lowest BCUT2D eigenvalue weighted by molar-refractivity contribution is -0.138. The van der Waals surface area contributed by atoms with E-state index < -0.39 is 36.3 Å². The number of halogens is 4. The number of fused-ring (bicyclic) bond motifs is 3. The molecule has 176 valence electrons. The Morgan fingerprint density at radius 2 is 1.59 bits per heavy atom. The van der Waals surface area contributed by atoms with Crippen LogP contribution in [0.2, 0.25) is 0 Å². The summed E-state index contributed by atoms with van der Waals surface area (Å²) in [5.74, 6) is -1.49. The van der Waals surface area contributed by atoms with E-state index in [0.717, 1.165) is 34.4 Å². The van der Waals surface area contributed by atoms with E-state index in [1.807, 2.05) is 48.5 Å². The van der Waals surface area contributed by atoms with Gasteiger partial charge in [-0.25, -0.2) is 4.79 Å². The van der Waals surface area contributed by atoms with Crippen molar-refractivity contribution in [3.05, 3.63) is 93.5 Å². The highest BCUT2D eigenvalue weighted by Gasteiger charge is 2.33. The smallest absolute Gasteiger partial charge is 0.416 e. The molecule has 2 N–H and O–H groups in total. The van der Waals surface area contributed by atoms with Crippen LogP contribution in [0.5, 0.6) is 0 Å². The van der Waals surface area contributed by atoms with E-state index >= 15 is 0 Å². The SMILES string of the molecule is O=C(O)C[C@H](NC(=O)OCC1c2ccccc2-c2ccccc21)c1cc(Br)cc(C(F)(F)F)c1. The Morgan fingerprint density at radius 1 is 1.00 bits per heavy atom. The van der Waals surface area contributed by atoms with E-state index in [4.69, 9.17) is 4.74 Å². The van der Waals surface area contributed by atoms with E-state index in [9.17, 15) is 27.9 Å². The van der Waals surface area contributed by atoms with Gasteiger partial charge >= 0.3 is 18.2 Å². The number of hydrogen-bond acceptors (Lipinski definition) is 3.